The van der Waals surface area contributed by atoms with Gasteiger partial charge in [-0.3, -0.25) is 0 Å². The lowest BCUT2D eigenvalue weighted by atomic mass is 9.98. The number of aromatic nitrogens is 3. The van der Waals surface area contributed by atoms with Crippen LogP contribution in [-0.4, -0.2) is 34.6 Å². The zero-order valence-corrected chi connectivity index (χ0v) is 12.6. The Kier molecular flexibility index (Phi) is 3.88. The predicted octanol–water partition coefficient (Wildman–Crippen LogP) is 1.64. The van der Waals surface area contributed by atoms with Crippen molar-refractivity contribution >= 4 is 22.8 Å². The Morgan fingerprint density at radius 3 is 2.76 bits per heavy atom. The van der Waals surface area contributed by atoms with Crippen LogP contribution < -0.4 is 16.4 Å². The summed E-state index contributed by atoms with van der Waals surface area (Å²) in [6.07, 6.45) is 2.37. The first-order chi connectivity index (χ1) is 10.1. The number of piperidine rings is 1. The molecule has 0 unspecified atom stereocenters. The number of aryl methyl sites for hydroxylation is 2. The summed E-state index contributed by atoms with van der Waals surface area (Å²) in [5, 5.41) is 7.54. The van der Waals surface area contributed by atoms with Crippen LogP contribution in [0.2, 0.25) is 0 Å². The molecule has 0 aliphatic carbocycles. The smallest absolute Gasteiger partial charge is 0.226 e. The average Bonchev–Trinajstić information content (AvgIpc) is 2.45. The second-order valence-electron chi connectivity index (χ2n) is 5.79. The Labute approximate surface area is 124 Å². The lowest BCUT2D eigenvalue weighted by Gasteiger charge is -2.22. The molecule has 3 rings (SSSR count). The number of hydrogen-bond acceptors (Lipinski definition) is 6. The number of nitrogens with one attached hydrogen (secondary N) is 2. The van der Waals surface area contributed by atoms with Gasteiger partial charge < -0.3 is 16.4 Å². The normalized spacial score (nSPS) is 16.3. The van der Waals surface area contributed by atoms with E-state index in [0.29, 0.717) is 23.3 Å². The van der Waals surface area contributed by atoms with Crippen LogP contribution in [0.25, 0.3) is 11.0 Å². The summed E-state index contributed by atoms with van der Waals surface area (Å²) in [7, 11) is 0. The molecule has 4 N–H and O–H groups in total. The van der Waals surface area contributed by atoms with Crippen molar-refractivity contribution < 1.29 is 0 Å². The molecule has 1 fully saturated rings. The first-order valence-electron chi connectivity index (χ1n) is 7.49. The first kappa shape index (κ1) is 14.0. The second kappa shape index (κ2) is 5.81. The van der Waals surface area contributed by atoms with Crippen molar-refractivity contribution in [3.63, 3.8) is 0 Å². The molecular weight excluding hydrogens is 264 g/mol. The van der Waals surface area contributed by atoms with Crippen molar-refractivity contribution in [3.05, 3.63) is 17.3 Å². The van der Waals surface area contributed by atoms with Crippen molar-refractivity contribution in [1.82, 2.24) is 20.3 Å². The third-order valence-electron chi connectivity index (χ3n) is 4.03. The van der Waals surface area contributed by atoms with Gasteiger partial charge in [-0.25, -0.2) is 4.98 Å². The van der Waals surface area contributed by atoms with E-state index in [0.717, 1.165) is 36.3 Å². The van der Waals surface area contributed by atoms with Gasteiger partial charge in [-0.1, -0.05) is 0 Å². The summed E-state index contributed by atoms with van der Waals surface area (Å²) in [5.41, 5.74) is 8.77. The van der Waals surface area contributed by atoms with Crippen molar-refractivity contribution in [2.45, 2.75) is 26.7 Å². The van der Waals surface area contributed by atoms with Crippen LogP contribution >= 0.6 is 0 Å². The molecular formula is C15H22N6. The fourth-order valence-corrected chi connectivity index (χ4v) is 2.91. The first-order valence-corrected chi connectivity index (χ1v) is 7.49. The average molecular weight is 286 g/mol. The van der Waals surface area contributed by atoms with Gasteiger partial charge >= 0.3 is 0 Å². The molecule has 0 radical (unpaired) electrons. The molecule has 0 aromatic carbocycles. The second-order valence-corrected chi connectivity index (χ2v) is 5.79. The number of hydrogen-bond donors (Lipinski definition) is 3. The molecule has 0 atom stereocenters. The largest absolute Gasteiger partial charge is 0.383 e. The van der Waals surface area contributed by atoms with Gasteiger partial charge in [0.1, 0.15) is 5.82 Å². The highest BCUT2D eigenvalue weighted by atomic mass is 15.1. The van der Waals surface area contributed by atoms with Crippen LogP contribution in [0.15, 0.2) is 6.07 Å². The summed E-state index contributed by atoms with van der Waals surface area (Å²) in [6, 6.07) is 2.00. The van der Waals surface area contributed by atoms with Gasteiger partial charge in [0.2, 0.25) is 5.95 Å². The van der Waals surface area contributed by atoms with E-state index in [9.17, 15) is 0 Å². The number of fused-ring (bicyclic) bond motifs is 1. The molecule has 0 amide bonds. The minimum absolute atomic E-state index is 0.498. The Morgan fingerprint density at radius 1 is 1.24 bits per heavy atom. The molecule has 112 valence electrons. The summed E-state index contributed by atoms with van der Waals surface area (Å²) in [5.74, 6) is 1.74. The van der Waals surface area contributed by atoms with E-state index in [1.807, 2.05) is 19.9 Å². The van der Waals surface area contributed by atoms with Crippen LogP contribution in [0.3, 0.4) is 0 Å². The topological polar surface area (TPSA) is 88.8 Å². The lowest BCUT2D eigenvalue weighted by Crippen LogP contribution is -2.31. The lowest BCUT2D eigenvalue weighted by molar-refractivity contribution is 0.389. The van der Waals surface area contributed by atoms with E-state index in [2.05, 4.69) is 25.6 Å². The standard InChI is InChI=1S/C15H22N6/c1-9-7-10(2)19-14-12(9)13(16)20-15(21-14)18-8-11-3-5-17-6-4-11/h7,11,17H,3-6,8H2,1-2H3,(H3,16,18,19,20,21). The van der Waals surface area contributed by atoms with Gasteiger partial charge in [0, 0.05) is 12.2 Å². The molecule has 1 saturated heterocycles. The van der Waals surface area contributed by atoms with Crippen molar-refractivity contribution in [2.24, 2.45) is 5.92 Å². The Hall–Kier alpha value is -1.95. The van der Waals surface area contributed by atoms with E-state index in [1.165, 1.54) is 12.8 Å². The highest BCUT2D eigenvalue weighted by molar-refractivity contribution is 5.89. The van der Waals surface area contributed by atoms with Gasteiger partial charge in [0.15, 0.2) is 5.65 Å². The minimum Gasteiger partial charge on any atom is -0.383 e. The number of pyridine rings is 1. The number of nitrogens with zero attached hydrogens (tertiary/aromatic N) is 3. The molecule has 2 aromatic rings. The number of nitrogens with two attached hydrogens (primary N) is 1. The minimum atomic E-state index is 0.498. The predicted molar refractivity (Wildman–Crippen MR) is 85.3 cm³/mol. The molecule has 0 saturated carbocycles. The third kappa shape index (κ3) is 3.05. The fourth-order valence-electron chi connectivity index (χ4n) is 2.91. The molecule has 6 nitrogen and oxygen atoms in total. The van der Waals surface area contributed by atoms with Crippen LogP contribution in [0.5, 0.6) is 0 Å². The number of nitrogen functional groups attached to an aromatic ring is 1. The summed E-state index contributed by atoms with van der Waals surface area (Å²) < 4.78 is 0. The maximum Gasteiger partial charge on any atom is 0.226 e. The molecule has 1 aliphatic rings. The van der Waals surface area contributed by atoms with Gasteiger partial charge in [-0.05, 0) is 57.3 Å². The third-order valence-corrected chi connectivity index (χ3v) is 4.03. The molecule has 21 heavy (non-hydrogen) atoms. The summed E-state index contributed by atoms with van der Waals surface area (Å²) in [6.45, 7) is 7.04. The molecule has 6 heteroatoms. The summed E-state index contributed by atoms with van der Waals surface area (Å²) in [4.78, 5) is 13.4. The van der Waals surface area contributed by atoms with E-state index >= 15 is 0 Å². The highest BCUT2D eigenvalue weighted by Crippen LogP contribution is 2.23. The molecule has 1 aliphatic heterocycles. The van der Waals surface area contributed by atoms with Gasteiger partial charge in [0.25, 0.3) is 0 Å². The zero-order chi connectivity index (χ0) is 14.8. The Balaban J connectivity index is 1.82. The highest BCUT2D eigenvalue weighted by Gasteiger charge is 2.14. The van der Waals surface area contributed by atoms with E-state index < -0.39 is 0 Å². The monoisotopic (exact) mass is 286 g/mol. The zero-order valence-electron chi connectivity index (χ0n) is 12.6. The van der Waals surface area contributed by atoms with Crippen LogP contribution in [0, 0.1) is 19.8 Å². The quantitative estimate of drug-likeness (QED) is 0.795. The summed E-state index contributed by atoms with van der Waals surface area (Å²) >= 11 is 0. The number of rotatable bonds is 3. The van der Waals surface area contributed by atoms with Crippen LogP contribution in [-0.2, 0) is 0 Å². The van der Waals surface area contributed by atoms with Crippen molar-refractivity contribution in [2.75, 3.05) is 30.7 Å². The Bertz CT molecular complexity index is 648. The van der Waals surface area contributed by atoms with E-state index in [-0.39, 0.29) is 0 Å². The fraction of sp³-hybridized carbons (Fsp3) is 0.533. The maximum atomic E-state index is 6.08. The molecule has 3 heterocycles. The van der Waals surface area contributed by atoms with Crippen LogP contribution in [0.4, 0.5) is 11.8 Å². The maximum absolute atomic E-state index is 6.08. The molecule has 0 spiro atoms. The SMILES string of the molecule is Cc1cc(C)c2c(N)nc(NCC3CCNCC3)nc2n1. The van der Waals surface area contributed by atoms with Crippen LogP contribution in [0.1, 0.15) is 24.1 Å². The van der Waals surface area contributed by atoms with E-state index in [1.54, 1.807) is 0 Å². The van der Waals surface area contributed by atoms with Gasteiger partial charge in [-0.15, -0.1) is 0 Å². The van der Waals surface area contributed by atoms with E-state index in [4.69, 9.17) is 5.73 Å². The van der Waals surface area contributed by atoms with Crippen molar-refractivity contribution in [1.29, 1.82) is 0 Å². The van der Waals surface area contributed by atoms with Gasteiger partial charge in [0.05, 0.1) is 5.39 Å². The van der Waals surface area contributed by atoms with Crippen molar-refractivity contribution in [3.8, 4) is 0 Å². The molecule has 0 bridgehead atoms. The Morgan fingerprint density at radius 2 is 2.00 bits per heavy atom. The van der Waals surface area contributed by atoms with Gasteiger partial charge in [-0.2, -0.15) is 9.97 Å². The molecule has 2 aromatic heterocycles. The number of anilines is 2.